The van der Waals surface area contributed by atoms with E-state index in [1.54, 1.807) is 0 Å². The first kappa shape index (κ1) is 16.0. The number of ketones is 1. The van der Waals surface area contributed by atoms with Gasteiger partial charge in [0, 0.05) is 5.56 Å². The van der Waals surface area contributed by atoms with Crippen molar-refractivity contribution in [1.82, 2.24) is 4.90 Å². The van der Waals surface area contributed by atoms with E-state index in [1.807, 2.05) is 38.1 Å². The molecule has 0 aliphatic carbocycles. The molecule has 1 aliphatic heterocycles. The van der Waals surface area contributed by atoms with Gasteiger partial charge in [-0.25, -0.2) is 0 Å². The van der Waals surface area contributed by atoms with Gasteiger partial charge in [-0.15, -0.1) is 0 Å². The van der Waals surface area contributed by atoms with Gasteiger partial charge in [0.15, 0.2) is 5.78 Å². The summed E-state index contributed by atoms with van der Waals surface area (Å²) in [6, 6.07) is 7.60. The highest BCUT2D eigenvalue weighted by Crippen LogP contribution is 2.29. The first-order valence-electron chi connectivity index (χ1n) is 8.04. The average Bonchev–Trinajstić information content (AvgIpc) is 3.00. The Morgan fingerprint density at radius 3 is 2.57 bits per heavy atom. The molecule has 116 valence electrons. The van der Waals surface area contributed by atoms with Gasteiger partial charge < -0.3 is 4.74 Å². The molecule has 1 unspecified atom stereocenters. The minimum atomic E-state index is -0.396. The van der Waals surface area contributed by atoms with Crippen LogP contribution in [0.25, 0.3) is 0 Å². The second-order valence-corrected chi connectivity index (χ2v) is 6.35. The van der Waals surface area contributed by atoms with Crippen LogP contribution in [0.3, 0.4) is 0 Å². The second kappa shape index (κ2) is 6.61. The summed E-state index contributed by atoms with van der Waals surface area (Å²) in [7, 11) is 0. The summed E-state index contributed by atoms with van der Waals surface area (Å²) in [5.41, 5.74) is 0.358. The average molecular weight is 289 g/mol. The summed E-state index contributed by atoms with van der Waals surface area (Å²) in [5, 5.41) is 0. The third kappa shape index (κ3) is 3.46. The van der Waals surface area contributed by atoms with Crippen molar-refractivity contribution in [2.45, 2.75) is 58.6 Å². The molecule has 1 saturated heterocycles. The number of Topliss-reactive ketones (excluding diaryl/α,β-unsaturated/α-hetero) is 1. The quantitative estimate of drug-likeness (QED) is 0.743. The number of carbonyl (C=O) groups excluding carboxylic acids is 1. The van der Waals surface area contributed by atoms with E-state index < -0.39 is 5.54 Å². The molecule has 2 rings (SSSR count). The summed E-state index contributed by atoms with van der Waals surface area (Å²) in [4.78, 5) is 15.4. The maximum absolute atomic E-state index is 13.0. The standard InChI is InChI=1S/C18H27NO2/c1-5-18(4,19-11-6-7-12-19)17(20)15-9-8-10-16(13-15)21-14(2)3/h8-10,13-14H,5-7,11-12H2,1-4H3. The highest BCUT2D eigenvalue weighted by molar-refractivity contribution is 6.03. The molecule has 1 aliphatic rings. The minimum absolute atomic E-state index is 0.117. The molecule has 1 atom stereocenters. The molecule has 0 N–H and O–H groups in total. The monoisotopic (exact) mass is 289 g/mol. The highest BCUT2D eigenvalue weighted by atomic mass is 16.5. The van der Waals surface area contributed by atoms with Crippen LogP contribution in [0.5, 0.6) is 5.75 Å². The predicted octanol–water partition coefficient (Wildman–Crippen LogP) is 3.92. The number of likely N-dealkylation sites (tertiary alicyclic amines) is 1. The number of benzene rings is 1. The first-order chi connectivity index (χ1) is 9.97. The molecule has 3 nitrogen and oxygen atoms in total. The molecule has 0 bridgehead atoms. The fourth-order valence-corrected chi connectivity index (χ4v) is 3.03. The van der Waals surface area contributed by atoms with Gasteiger partial charge in [-0.1, -0.05) is 19.1 Å². The molecule has 0 amide bonds. The van der Waals surface area contributed by atoms with Crippen molar-refractivity contribution in [2.75, 3.05) is 13.1 Å². The summed E-state index contributed by atoms with van der Waals surface area (Å²) < 4.78 is 5.71. The van der Waals surface area contributed by atoms with Crippen LogP contribution >= 0.6 is 0 Å². The Labute approximate surface area is 128 Å². The molecule has 0 aromatic heterocycles. The zero-order valence-electron chi connectivity index (χ0n) is 13.7. The topological polar surface area (TPSA) is 29.5 Å². The van der Waals surface area contributed by atoms with Gasteiger partial charge >= 0.3 is 0 Å². The lowest BCUT2D eigenvalue weighted by molar-refractivity contribution is 0.0647. The lowest BCUT2D eigenvalue weighted by Crippen LogP contribution is -2.50. The maximum Gasteiger partial charge on any atom is 0.182 e. The summed E-state index contributed by atoms with van der Waals surface area (Å²) in [5.74, 6) is 0.983. The molecular weight excluding hydrogens is 262 g/mol. The molecule has 3 heteroatoms. The maximum atomic E-state index is 13.0. The summed E-state index contributed by atoms with van der Waals surface area (Å²) >= 11 is 0. The number of hydrogen-bond acceptors (Lipinski definition) is 3. The second-order valence-electron chi connectivity index (χ2n) is 6.35. The fourth-order valence-electron chi connectivity index (χ4n) is 3.03. The smallest absolute Gasteiger partial charge is 0.182 e. The third-order valence-electron chi connectivity index (χ3n) is 4.45. The van der Waals surface area contributed by atoms with Gasteiger partial charge in [0.1, 0.15) is 5.75 Å². The molecule has 0 spiro atoms. The van der Waals surface area contributed by atoms with Gasteiger partial charge in [-0.05, 0) is 65.3 Å². The molecule has 1 aromatic carbocycles. The van der Waals surface area contributed by atoms with Crippen molar-refractivity contribution in [2.24, 2.45) is 0 Å². The van der Waals surface area contributed by atoms with Crippen molar-refractivity contribution in [3.8, 4) is 5.75 Å². The zero-order chi connectivity index (χ0) is 15.5. The molecule has 0 radical (unpaired) electrons. The third-order valence-corrected chi connectivity index (χ3v) is 4.45. The van der Waals surface area contributed by atoms with E-state index in [0.29, 0.717) is 0 Å². The largest absolute Gasteiger partial charge is 0.491 e. The van der Waals surface area contributed by atoms with Gasteiger partial charge in [0.25, 0.3) is 0 Å². The van der Waals surface area contributed by atoms with Crippen LogP contribution in [-0.4, -0.2) is 35.4 Å². The van der Waals surface area contributed by atoms with E-state index in [9.17, 15) is 4.79 Å². The number of hydrogen-bond donors (Lipinski definition) is 0. The van der Waals surface area contributed by atoms with E-state index in [2.05, 4.69) is 18.7 Å². The van der Waals surface area contributed by atoms with E-state index in [1.165, 1.54) is 12.8 Å². The van der Waals surface area contributed by atoms with Crippen LogP contribution in [0.4, 0.5) is 0 Å². The number of carbonyl (C=O) groups is 1. The Morgan fingerprint density at radius 1 is 1.33 bits per heavy atom. The van der Waals surface area contributed by atoms with Crippen LogP contribution in [0, 0.1) is 0 Å². The first-order valence-corrected chi connectivity index (χ1v) is 8.04. The predicted molar refractivity (Wildman–Crippen MR) is 86.0 cm³/mol. The van der Waals surface area contributed by atoms with Crippen molar-refractivity contribution < 1.29 is 9.53 Å². The van der Waals surface area contributed by atoms with Crippen molar-refractivity contribution in [3.63, 3.8) is 0 Å². The number of rotatable bonds is 6. The van der Waals surface area contributed by atoms with Crippen LogP contribution in [0.1, 0.15) is 57.3 Å². The van der Waals surface area contributed by atoms with Gasteiger partial charge in [-0.2, -0.15) is 0 Å². The fraction of sp³-hybridized carbons (Fsp3) is 0.611. The lowest BCUT2D eigenvalue weighted by atomic mass is 9.87. The normalized spacial score (nSPS) is 18.7. The summed E-state index contributed by atoms with van der Waals surface area (Å²) in [6.07, 6.45) is 3.34. The van der Waals surface area contributed by atoms with Crippen molar-refractivity contribution in [1.29, 1.82) is 0 Å². The van der Waals surface area contributed by atoms with E-state index in [-0.39, 0.29) is 11.9 Å². The van der Waals surface area contributed by atoms with Crippen molar-refractivity contribution >= 4 is 5.78 Å². The van der Waals surface area contributed by atoms with Crippen LogP contribution in [0.2, 0.25) is 0 Å². The molecule has 1 heterocycles. The molecule has 1 aromatic rings. The Balaban J connectivity index is 2.24. The Kier molecular flexibility index (Phi) is 5.04. The Hall–Kier alpha value is -1.35. The SMILES string of the molecule is CCC(C)(C(=O)c1cccc(OC(C)C)c1)N1CCCC1. The van der Waals surface area contributed by atoms with Gasteiger partial charge in [0.2, 0.25) is 0 Å². The van der Waals surface area contributed by atoms with Gasteiger partial charge in [0.05, 0.1) is 11.6 Å². The lowest BCUT2D eigenvalue weighted by Gasteiger charge is -2.36. The highest BCUT2D eigenvalue weighted by Gasteiger charge is 2.39. The zero-order valence-corrected chi connectivity index (χ0v) is 13.7. The van der Waals surface area contributed by atoms with Crippen LogP contribution in [0.15, 0.2) is 24.3 Å². The minimum Gasteiger partial charge on any atom is -0.491 e. The van der Waals surface area contributed by atoms with Crippen molar-refractivity contribution in [3.05, 3.63) is 29.8 Å². The molecule has 21 heavy (non-hydrogen) atoms. The molecular formula is C18H27NO2. The molecule has 1 fully saturated rings. The summed E-state index contributed by atoms with van der Waals surface area (Å²) in [6.45, 7) is 10.2. The van der Waals surface area contributed by atoms with E-state index in [0.717, 1.165) is 30.8 Å². The van der Waals surface area contributed by atoms with E-state index >= 15 is 0 Å². The number of nitrogens with zero attached hydrogens (tertiary/aromatic N) is 1. The Bertz CT molecular complexity index is 492. The van der Waals surface area contributed by atoms with Crippen LogP contribution < -0.4 is 4.74 Å². The molecule has 0 saturated carbocycles. The Morgan fingerprint density at radius 2 is 2.00 bits per heavy atom. The van der Waals surface area contributed by atoms with Crippen LogP contribution in [-0.2, 0) is 0 Å². The van der Waals surface area contributed by atoms with E-state index in [4.69, 9.17) is 4.74 Å². The van der Waals surface area contributed by atoms with Gasteiger partial charge in [-0.3, -0.25) is 9.69 Å². The number of ether oxygens (including phenoxy) is 1.